The van der Waals surface area contributed by atoms with Crippen molar-refractivity contribution >= 4 is 11.3 Å². The van der Waals surface area contributed by atoms with Crippen molar-refractivity contribution in [2.24, 2.45) is 5.92 Å². The molecular weight excluding hydrogens is 382 g/mol. The van der Waals surface area contributed by atoms with Gasteiger partial charge in [-0.25, -0.2) is 0 Å². The lowest BCUT2D eigenvalue weighted by Gasteiger charge is -2.02. The number of hydrogen-bond donors (Lipinski definition) is 0. The third-order valence-corrected chi connectivity index (χ3v) is 6.09. The monoisotopic (exact) mass is 423 g/mol. The summed E-state index contributed by atoms with van der Waals surface area (Å²) in [6, 6.07) is 20.7. The van der Waals surface area contributed by atoms with Gasteiger partial charge in [-0.15, -0.1) is 11.3 Å². The zero-order chi connectivity index (χ0) is 21.9. The van der Waals surface area contributed by atoms with Gasteiger partial charge in [-0.1, -0.05) is 126 Å². The number of aromatic nitrogens is 1. The molecule has 0 saturated heterocycles. The van der Waals surface area contributed by atoms with E-state index in [1.807, 2.05) is 36.0 Å². The maximum Gasteiger partial charge on any atom is 0.0794 e. The summed E-state index contributed by atoms with van der Waals surface area (Å²) in [5.41, 5.74) is 4.59. The highest BCUT2D eigenvalue weighted by atomic mass is 32.1. The summed E-state index contributed by atoms with van der Waals surface area (Å²) in [5, 5.41) is 0. The molecule has 30 heavy (non-hydrogen) atoms. The number of nitrogens with zero attached hydrogens (tertiary/aromatic N) is 1. The van der Waals surface area contributed by atoms with E-state index in [-0.39, 0.29) is 0 Å². The van der Waals surface area contributed by atoms with E-state index < -0.39 is 0 Å². The van der Waals surface area contributed by atoms with Crippen LogP contribution in [0.4, 0.5) is 0 Å². The zero-order valence-corrected chi connectivity index (χ0v) is 20.3. The van der Waals surface area contributed by atoms with E-state index in [0.29, 0.717) is 0 Å². The topological polar surface area (TPSA) is 12.9 Å². The number of hydrogen-bond acceptors (Lipinski definition) is 2. The van der Waals surface area contributed by atoms with Crippen LogP contribution in [0.2, 0.25) is 0 Å². The lowest BCUT2D eigenvalue weighted by atomic mass is 10.0. The molecule has 0 aliphatic heterocycles. The van der Waals surface area contributed by atoms with E-state index in [1.54, 1.807) is 11.3 Å². The second-order valence-electron chi connectivity index (χ2n) is 7.91. The van der Waals surface area contributed by atoms with E-state index in [1.165, 1.54) is 54.5 Å². The Kier molecular flexibility index (Phi) is 15.6. The number of benzene rings is 2. The van der Waals surface area contributed by atoms with Crippen molar-refractivity contribution in [1.29, 1.82) is 0 Å². The van der Waals surface area contributed by atoms with Gasteiger partial charge < -0.3 is 0 Å². The first kappa shape index (κ1) is 26.1. The Bertz CT molecular complexity index is 699. The smallest absolute Gasteiger partial charge is 0.0794 e. The zero-order valence-electron chi connectivity index (χ0n) is 19.5. The van der Waals surface area contributed by atoms with Crippen molar-refractivity contribution < 1.29 is 0 Å². The maximum atomic E-state index is 3.91. The molecule has 1 aliphatic rings. The summed E-state index contributed by atoms with van der Waals surface area (Å²) in [6.07, 6.45) is 13.1. The van der Waals surface area contributed by atoms with Gasteiger partial charge in [0, 0.05) is 11.1 Å². The largest absolute Gasteiger partial charge is 0.253 e. The fourth-order valence-corrected chi connectivity index (χ4v) is 3.69. The third kappa shape index (κ3) is 14.1. The molecule has 1 heterocycles. The van der Waals surface area contributed by atoms with E-state index in [0.717, 1.165) is 18.8 Å². The average molecular weight is 424 g/mol. The molecule has 1 aromatic heterocycles. The molecule has 1 fully saturated rings. The summed E-state index contributed by atoms with van der Waals surface area (Å²) in [7, 11) is 0. The van der Waals surface area contributed by atoms with Gasteiger partial charge in [0.2, 0.25) is 0 Å². The molecule has 0 atom stereocenters. The first-order valence-corrected chi connectivity index (χ1v) is 12.5. The second kappa shape index (κ2) is 17.9. The average Bonchev–Trinajstić information content (AvgIpc) is 3.22. The Morgan fingerprint density at radius 3 is 1.70 bits per heavy atom. The summed E-state index contributed by atoms with van der Waals surface area (Å²) < 4.78 is 0. The molecule has 0 radical (unpaired) electrons. The van der Waals surface area contributed by atoms with E-state index >= 15 is 0 Å². The highest BCUT2D eigenvalue weighted by molar-refractivity contribution is 7.09. The normalized spacial score (nSPS) is 13.3. The first-order valence-electron chi connectivity index (χ1n) is 11.6. The van der Waals surface area contributed by atoms with Crippen molar-refractivity contribution in [3.05, 3.63) is 88.4 Å². The molecule has 1 saturated carbocycles. The van der Waals surface area contributed by atoms with Crippen LogP contribution in [0.1, 0.15) is 75.3 Å². The van der Waals surface area contributed by atoms with Crippen LogP contribution in [-0.4, -0.2) is 4.98 Å². The van der Waals surface area contributed by atoms with Crippen LogP contribution in [-0.2, 0) is 12.8 Å². The maximum absolute atomic E-state index is 3.91. The summed E-state index contributed by atoms with van der Waals surface area (Å²) in [5.74, 6) is 1.03. The van der Waals surface area contributed by atoms with Crippen molar-refractivity contribution in [2.45, 2.75) is 79.1 Å². The Morgan fingerprint density at radius 2 is 1.37 bits per heavy atom. The van der Waals surface area contributed by atoms with Crippen molar-refractivity contribution in [2.75, 3.05) is 0 Å². The standard InChI is InChI=1S/C8H16.C8H10.C7H8.C5H7NS/c1-8-6-4-2-3-5-7-8;1-2-8-6-4-3-5-7-8;1-7-5-3-2-4-6-7;1-2-5-3-6-4-7-5/h8H,2-7H2,1H3;3-7H,2H2,1H3;2-6H,1H3;3-4H,2H2,1H3. The third-order valence-electron chi connectivity index (χ3n) is 5.17. The van der Waals surface area contributed by atoms with Crippen molar-refractivity contribution in [3.63, 3.8) is 0 Å². The minimum Gasteiger partial charge on any atom is -0.253 e. The lowest BCUT2D eigenvalue weighted by Crippen LogP contribution is -1.88. The molecule has 2 heteroatoms. The molecule has 164 valence electrons. The fourth-order valence-electron chi connectivity index (χ4n) is 3.15. The van der Waals surface area contributed by atoms with Gasteiger partial charge in [0.15, 0.2) is 0 Å². The van der Waals surface area contributed by atoms with Gasteiger partial charge in [-0.3, -0.25) is 4.98 Å². The summed E-state index contributed by atoms with van der Waals surface area (Å²) in [4.78, 5) is 5.27. The Hall–Kier alpha value is -1.93. The van der Waals surface area contributed by atoms with Crippen LogP contribution in [0.15, 0.2) is 72.4 Å². The minimum atomic E-state index is 1.03. The molecule has 0 unspecified atom stereocenters. The molecule has 4 rings (SSSR count). The van der Waals surface area contributed by atoms with Crippen molar-refractivity contribution in [3.8, 4) is 0 Å². The molecule has 1 aliphatic carbocycles. The van der Waals surface area contributed by atoms with Crippen LogP contribution < -0.4 is 0 Å². The molecule has 0 N–H and O–H groups in total. The lowest BCUT2D eigenvalue weighted by molar-refractivity contribution is 0.505. The van der Waals surface area contributed by atoms with Gasteiger partial charge in [0.25, 0.3) is 0 Å². The van der Waals surface area contributed by atoms with Crippen molar-refractivity contribution in [1.82, 2.24) is 4.98 Å². The highest BCUT2D eigenvalue weighted by Gasteiger charge is 2.05. The van der Waals surface area contributed by atoms with E-state index in [9.17, 15) is 0 Å². The predicted molar refractivity (Wildman–Crippen MR) is 135 cm³/mol. The molecule has 1 nitrogen and oxygen atoms in total. The van der Waals surface area contributed by atoms with Crippen LogP contribution in [0, 0.1) is 12.8 Å². The molecule has 0 bridgehead atoms. The van der Waals surface area contributed by atoms with Crippen LogP contribution in [0.25, 0.3) is 0 Å². The van der Waals surface area contributed by atoms with E-state index in [4.69, 9.17) is 0 Å². The minimum absolute atomic E-state index is 1.03. The molecule has 2 aromatic carbocycles. The quantitative estimate of drug-likeness (QED) is 0.375. The summed E-state index contributed by atoms with van der Waals surface area (Å²) >= 11 is 1.71. The summed E-state index contributed by atoms with van der Waals surface area (Å²) in [6.45, 7) is 8.76. The van der Waals surface area contributed by atoms with Crippen LogP contribution in [0.3, 0.4) is 0 Å². The second-order valence-corrected chi connectivity index (χ2v) is 8.88. The first-order chi connectivity index (χ1) is 14.7. The highest BCUT2D eigenvalue weighted by Crippen LogP contribution is 2.21. The predicted octanol–water partition coefficient (Wildman–Crippen LogP) is 8.93. The Morgan fingerprint density at radius 1 is 0.800 bits per heavy atom. The number of rotatable bonds is 2. The van der Waals surface area contributed by atoms with Crippen LogP contribution >= 0.6 is 11.3 Å². The van der Waals surface area contributed by atoms with Gasteiger partial charge in [0.05, 0.1) is 5.51 Å². The molecular formula is C28H41NS. The van der Waals surface area contributed by atoms with E-state index in [2.05, 4.69) is 69.1 Å². The van der Waals surface area contributed by atoms with Crippen LogP contribution in [0.5, 0.6) is 0 Å². The molecule has 0 amide bonds. The van der Waals surface area contributed by atoms with Gasteiger partial charge >= 0.3 is 0 Å². The fraction of sp³-hybridized carbons (Fsp3) is 0.464. The van der Waals surface area contributed by atoms with Gasteiger partial charge in [-0.2, -0.15) is 0 Å². The molecule has 0 spiro atoms. The van der Waals surface area contributed by atoms with Gasteiger partial charge in [0.1, 0.15) is 0 Å². The SMILES string of the molecule is CC1CCCCCC1.CCc1ccccc1.CCc1cncs1.Cc1ccccc1. The number of thiazole rings is 1. The number of aryl methyl sites for hydroxylation is 3. The molecule has 3 aromatic rings. The van der Waals surface area contributed by atoms with Gasteiger partial charge in [-0.05, 0) is 31.2 Å². The Labute approximate surface area is 189 Å². The Balaban J connectivity index is 0.000000200.